The number of hydrogen-bond donors (Lipinski definition) is 2. The monoisotopic (exact) mass is 394 g/mol. The standard InChI is InChI=1S/C21H22N4O4/c1-28-17-8-4-5-9-18(17)29-11-10-22-21(27)14-12-19(26)25(13-14)20-15-6-2-3-7-16(15)23-24-20/h2-9,14H,10-13H2,1H3,(H,22,27)(H,23,24)/t14-/m0/s1. The van der Waals surface area contributed by atoms with E-state index < -0.39 is 5.92 Å². The van der Waals surface area contributed by atoms with Crippen molar-refractivity contribution in [1.82, 2.24) is 15.5 Å². The average molecular weight is 394 g/mol. The number of aromatic amines is 1. The minimum Gasteiger partial charge on any atom is -0.493 e. The number of H-pyrrole nitrogens is 1. The Hall–Kier alpha value is -3.55. The molecule has 0 radical (unpaired) electrons. The van der Waals surface area contributed by atoms with Crippen molar-refractivity contribution >= 4 is 28.5 Å². The fourth-order valence-corrected chi connectivity index (χ4v) is 3.46. The molecule has 1 aromatic heterocycles. The van der Waals surface area contributed by atoms with E-state index in [2.05, 4.69) is 15.5 Å². The van der Waals surface area contributed by atoms with Crippen LogP contribution in [0.5, 0.6) is 11.5 Å². The van der Waals surface area contributed by atoms with E-state index in [1.54, 1.807) is 12.0 Å². The van der Waals surface area contributed by atoms with E-state index in [4.69, 9.17) is 9.47 Å². The number of aromatic nitrogens is 2. The zero-order valence-corrected chi connectivity index (χ0v) is 16.1. The largest absolute Gasteiger partial charge is 0.493 e. The van der Waals surface area contributed by atoms with Crippen molar-refractivity contribution in [2.24, 2.45) is 5.92 Å². The van der Waals surface area contributed by atoms with Gasteiger partial charge in [-0.2, -0.15) is 5.10 Å². The highest BCUT2D eigenvalue weighted by Crippen LogP contribution is 2.29. The van der Waals surface area contributed by atoms with E-state index in [0.717, 1.165) is 10.9 Å². The summed E-state index contributed by atoms with van der Waals surface area (Å²) in [6.45, 7) is 0.959. The molecule has 8 heteroatoms. The van der Waals surface area contributed by atoms with Gasteiger partial charge in [-0.1, -0.05) is 24.3 Å². The van der Waals surface area contributed by atoms with Crippen LogP contribution in [-0.2, 0) is 9.59 Å². The second kappa shape index (κ2) is 8.22. The molecule has 1 atom stereocenters. The molecule has 0 bridgehead atoms. The highest BCUT2D eigenvalue weighted by Gasteiger charge is 2.36. The van der Waals surface area contributed by atoms with E-state index in [1.165, 1.54) is 0 Å². The van der Waals surface area contributed by atoms with Crippen LogP contribution in [0, 0.1) is 5.92 Å². The van der Waals surface area contributed by atoms with Gasteiger partial charge < -0.3 is 14.8 Å². The van der Waals surface area contributed by atoms with Crippen LogP contribution in [0.3, 0.4) is 0 Å². The predicted octanol–water partition coefficient (Wildman–Crippen LogP) is 2.12. The minimum atomic E-state index is -0.413. The van der Waals surface area contributed by atoms with Gasteiger partial charge in [-0.3, -0.25) is 19.6 Å². The SMILES string of the molecule is COc1ccccc1OCCNC(=O)[C@H]1CC(=O)N(c2n[nH]c3ccccc23)C1. The third-order valence-electron chi connectivity index (χ3n) is 4.93. The van der Waals surface area contributed by atoms with Crippen LogP contribution in [-0.4, -0.2) is 48.8 Å². The number of rotatable bonds is 7. The summed E-state index contributed by atoms with van der Waals surface area (Å²) in [5.41, 5.74) is 0.858. The highest BCUT2D eigenvalue weighted by molar-refractivity contribution is 6.05. The van der Waals surface area contributed by atoms with Crippen LogP contribution in [0.2, 0.25) is 0 Å². The fraction of sp³-hybridized carbons (Fsp3) is 0.286. The lowest BCUT2D eigenvalue weighted by atomic mass is 10.1. The van der Waals surface area contributed by atoms with Crippen LogP contribution >= 0.6 is 0 Å². The number of amides is 2. The summed E-state index contributed by atoms with van der Waals surface area (Å²) in [5, 5.41) is 10.9. The van der Waals surface area contributed by atoms with Gasteiger partial charge in [-0.15, -0.1) is 0 Å². The van der Waals surface area contributed by atoms with Gasteiger partial charge in [-0.25, -0.2) is 0 Å². The number of carbonyl (C=O) groups is 2. The number of benzene rings is 2. The molecule has 0 saturated carbocycles. The number of fused-ring (bicyclic) bond motifs is 1. The maximum atomic E-state index is 12.5. The van der Waals surface area contributed by atoms with Crippen molar-refractivity contribution in [2.75, 3.05) is 31.7 Å². The summed E-state index contributed by atoms with van der Waals surface area (Å²) in [7, 11) is 1.58. The van der Waals surface area contributed by atoms with Gasteiger partial charge in [0, 0.05) is 18.4 Å². The maximum absolute atomic E-state index is 12.5. The molecule has 1 saturated heterocycles. The van der Waals surface area contributed by atoms with Gasteiger partial charge >= 0.3 is 0 Å². The molecule has 1 fully saturated rings. The molecule has 2 amide bonds. The molecule has 2 N–H and O–H groups in total. The summed E-state index contributed by atoms with van der Waals surface area (Å²) in [6.07, 6.45) is 0.167. The number of nitrogens with one attached hydrogen (secondary N) is 2. The first-order valence-electron chi connectivity index (χ1n) is 9.44. The lowest BCUT2D eigenvalue weighted by Gasteiger charge is -2.15. The summed E-state index contributed by atoms with van der Waals surface area (Å²) in [6, 6.07) is 14.9. The molecule has 150 valence electrons. The topological polar surface area (TPSA) is 96.5 Å². The Bertz CT molecular complexity index is 1030. The summed E-state index contributed by atoms with van der Waals surface area (Å²) < 4.78 is 10.9. The third kappa shape index (κ3) is 3.87. The van der Waals surface area contributed by atoms with Crippen molar-refractivity contribution in [3.63, 3.8) is 0 Å². The number of nitrogens with zero attached hydrogens (tertiary/aromatic N) is 2. The van der Waals surface area contributed by atoms with Gasteiger partial charge in [-0.05, 0) is 24.3 Å². The fourth-order valence-electron chi connectivity index (χ4n) is 3.46. The first-order valence-corrected chi connectivity index (χ1v) is 9.44. The number of para-hydroxylation sites is 3. The molecule has 2 heterocycles. The molecule has 0 aliphatic carbocycles. The predicted molar refractivity (Wildman–Crippen MR) is 108 cm³/mol. The summed E-state index contributed by atoms with van der Waals surface area (Å²) in [4.78, 5) is 26.6. The lowest BCUT2D eigenvalue weighted by Crippen LogP contribution is -2.35. The molecule has 0 spiro atoms. The minimum absolute atomic E-state index is 0.104. The van der Waals surface area contributed by atoms with Gasteiger partial charge in [0.05, 0.1) is 25.1 Å². The molecule has 1 aliphatic rings. The zero-order valence-electron chi connectivity index (χ0n) is 16.1. The first-order chi connectivity index (χ1) is 14.2. The van der Waals surface area contributed by atoms with Crippen LogP contribution in [0.4, 0.5) is 5.82 Å². The van der Waals surface area contributed by atoms with Gasteiger partial charge in [0.25, 0.3) is 0 Å². The Morgan fingerprint density at radius 2 is 1.97 bits per heavy atom. The van der Waals surface area contributed by atoms with E-state index in [9.17, 15) is 9.59 Å². The number of methoxy groups -OCH3 is 1. The molecule has 4 rings (SSSR count). The Morgan fingerprint density at radius 3 is 2.79 bits per heavy atom. The molecule has 29 heavy (non-hydrogen) atoms. The first kappa shape index (κ1) is 18.8. The van der Waals surface area contributed by atoms with Crippen molar-refractivity contribution in [3.8, 4) is 11.5 Å². The van der Waals surface area contributed by atoms with Crippen LogP contribution in [0.25, 0.3) is 10.9 Å². The molecule has 3 aromatic rings. The van der Waals surface area contributed by atoms with E-state index in [-0.39, 0.29) is 18.2 Å². The van der Waals surface area contributed by atoms with Crippen molar-refractivity contribution in [3.05, 3.63) is 48.5 Å². The Morgan fingerprint density at radius 1 is 1.21 bits per heavy atom. The second-order valence-electron chi connectivity index (χ2n) is 6.79. The number of ether oxygens (including phenoxy) is 2. The Kier molecular flexibility index (Phi) is 5.33. The van der Waals surface area contributed by atoms with Crippen molar-refractivity contribution in [1.29, 1.82) is 0 Å². The number of anilines is 1. The second-order valence-corrected chi connectivity index (χ2v) is 6.79. The number of carbonyl (C=O) groups excluding carboxylic acids is 2. The van der Waals surface area contributed by atoms with Crippen molar-refractivity contribution < 1.29 is 19.1 Å². The van der Waals surface area contributed by atoms with Crippen LogP contribution < -0.4 is 19.7 Å². The molecular weight excluding hydrogens is 372 g/mol. The molecule has 1 aliphatic heterocycles. The normalized spacial score (nSPS) is 16.2. The third-order valence-corrected chi connectivity index (χ3v) is 4.93. The van der Waals surface area contributed by atoms with Gasteiger partial charge in [0.2, 0.25) is 11.8 Å². The molecular formula is C21H22N4O4. The van der Waals surface area contributed by atoms with Crippen LogP contribution in [0.1, 0.15) is 6.42 Å². The molecule has 8 nitrogen and oxygen atoms in total. The summed E-state index contributed by atoms with van der Waals surface area (Å²) >= 11 is 0. The average Bonchev–Trinajstić information content (AvgIpc) is 3.34. The summed E-state index contributed by atoms with van der Waals surface area (Å²) in [5.74, 6) is 1.15. The van der Waals surface area contributed by atoms with E-state index in [0.29, 0.717) is 37.0 Å². The molecule has 0 unspecified atom stereocenters. The lowest BCUT2D eigenvalue weighted by molar-refractivity contribution is -0.126. The van der Waals surface area contributed by atoms with Gasteiger partial charge in [0.15, 0.2) is 17.3 Å². The highest BCUT2D eigenvalue weighted by atomic mass is 16.5. The molecule has 2 aromatic carbocycles. The Balaban J connectivity index is 1.31. The quantitative estimate of drug-likeness (QED) is 0.599. The Labute approximate surface area is 167 Å². The smallest absolute Gasteiger partial charge is 0.229 e. The van der Waals surface area contributed by atoms with Gasteiger partial charge in [0.1, 0.15) is 6.61 Å². The van der Waals surface area contributed by atoms with Crippen LogP contribution in [0.15, 0.2) is 48.5 Å². The van der Waals surface area contributed by atoms with Crippen molar-refractivity contribution in [2.45, 2.75) is 6.42 Å². The zero-order chi connectivity index (χ0) is 20.2. The maximum Gasteiger partial charge on any atom is 0.229 e. The number of hydrogen-bond acceptors (Lipinski definition) is 5. The van der Waals surface area contributed by atoms with E-state index >= 15 is 0 Å². The van der Waals surface area contributed by atoms with E-state index in [1.807, 2.05) is 48.5 Å².